The first-order valence-electron chi connectivity index (χ1n) is 7.03. The first kappa shape index (κ1) is 16.2. The van der Waals surface area contributed by atoms with Gasteiger partial charge in [-0.2, -0.15) is 0 Å². The molecule has 0 radical (unpaired) electrons. The molecule has 0 aliphatic carbocycles. The van der Waals surface area contributed by atoms with Crippen LogP contribution in [0.3, 0.4) is 0 Å². The van der Waals surface area contributed by atoms with Gasteiger partial charge in [0.05, 0.1) is 18.4 Å². The summed E-state index contributed by atoms with van der Waals surface area (Å²) >= 11 is 1.40. The minimum Gasteiger partial charge on any atom is -0.469 e. The highest BCUT2D eigenvalue weighted by atomic mass is 32.1. The Labute approximate surface area is 134 Å². The van der Waals surface area contributed by atoms with Crippen molar-refractivity contribution in [2.24, 2.45) is 0 Å². The smallest absolute Gasteiger partial charge is 0.307 e. The van der Waals surface area contributed by atoms with Crippen molar-refractivity contribution in [1.29, 1.82) is 0 Å². The fourth-order valence-corrected chi connectivity index (χ4v) is 2.94. The van der Waals surface area contributed by atoms with Crippen molar-refractivity contribution in [3.8, 4) is 11.1 Å². The normalized spacial score (nSPS) is 11.8. The van der Waals surface area contributed by atoms with Crippen LogP contribution in [0.4, 0.5) is 0 Å². The van der Waals surface area contributed by atoms with Gasteiger partial charge < -0.3 is 10.1 Å². The second-order valence-electron chi connectivity index (χ2n) is 5.18. The highest BCUT2D eigenvalue weighted by Gasteiger charge is 2.18. The Bertz CT molecular complexity index is 661. The highest BCUT2D eigenvalue weighted by molar-refractivity contribution is 7.12. The molecule has 1 aromatic heterocycles. The third kappa shape index (κ3) is 3.95. The molecule has 1 aromatic carbocycles. The summed E-state index contributed by atoms with van der Waals surface area (Å²) in [5.41, 5.74) is 3.10. The van der Waals surface area contributed by atoms with Crippen molar-refractivity contribution in [2.45, 2.75) is 26.3 Å². The molecule has 116 valence electrons. The van der Waals surface area contributed by atoms with Crippen molar-refractivity contribution in [1.82, 2.24) is 5.32 Å². The van der Waals surface area contributed by atoms with E-state index < -0.39 is 0 Å². The van der Waals surface area contributed by atoms with Gasteiger partial charge in [0.2, 0.25) is 0 Å². The lowest BCUT2D eigenvalue weighted by molar-refractivity contribution is -0.141. The molecule has 4 nitrogen and oxygen atoms in total. The topological polar surface area (TPSA) is 55.4 Å². The molecule has 2 aromatic rings. The second kappa shape index (κ2) is 7.22. The molecule has 0 aliphatic rings. The molecule has 1 atom stereocenters. The average molecular weight is 317 g/mol. The molecule has 5 heteroatoms. The Kier molecular flexibility index (Phi) is 5.33. The maximum absolute atomic E-state index is 12.4. The Morgan fingerprint density at radius 3 is 2.55 bits per heavy atom. The van der Waals surface area contributed by atoms with Crippen molar-refractivity contribution < 1.29 is 14.3 Å². The van der Waals surface area contributed by atoms with E-state index in [-0.39, 0.29) is 24.3 Å². The molecule has 1 unspecified atom stereocenters. The first-order valence-corrected chi connectivity index (χ1v) is 7.91. The van der Waals surface area contributed by atoms with Gasteiger partial charge in [-0.25, -0.2) is 0 Å². The summed E-state index contributed by atoms with van der Waals surface area (Å²) in [6.07, 6.45) is 0.160. The number of hydrogen-bond acceptors (Lipinski definition) is 4. The molecular formula is C17H19NO3S. The number of hydrogen-bond donors (Lipinski definition) is 1. The third-order valence-electron chi connectivity index (χ3n) is 3.31. The summed E-state index contributed by atoms with van der Waals surface area (Å²) < 4.78 is 4.61. The van der Waals surface area contributed by atoms with Crippen LogP contribution >= 0.6 is 11.3 Å². The Hall–Kier alpha value is -2.14. The van der Waals surface area contributed by atoms with Crippen LogP contribution in [0.2, 0.25) is 0 Å². The van der Waals surface area contributed by atoms with E-state index in [1.807, 2.05) is 42.6 Å². The van der Waals surface area contributed by atoms with Crippen molar-refractivity contribution in [3.05, 3.63) is 46.2 Å². The van der Waals surface area contributed by atoms with Crippen LogP contribution in [-0.4, -0.2) is 25.0 Å². The molecule has 0 spiro atoms. The van der Waals surface area contributed by atoms with Gasteiger partial charge >= 0.3 is 5.97 Å². The van der Waals surface area contributed by atoms with E-state index in [4.69, 9.17) is 0 Å². The van der Waals surface area contributed by atoms with Gasteiger partial charge in [-0.05, 0) is 30.9 Å². The van der Waals surface area contributed by atoms with E-state index in [1.165, 1.54) is 24.0 Å². The van der Waals surface area contributed by atoms with Crippen LogP contribution in [0.1, 0.15) is 28.6 Å². The highest BCUT2D eigenvalue weighted by Crippen LogP contribution is 2.28. The number of amides is 1. The van der Waals surface area contributed by atoms with Crippen LogP contribution in [-0.2, 0) is 9.53 Å². The van der Waals surface area contributed by atoms with Crippen LogP contribution in [0.5, 0.6) is 0 Å². The van der Waals surface area contributed by atoms with Crippen LogP contribution < -0.4 is 5.32 Å². The van der Waals surface area contributed by atoms with Crippen LogP contribution in [0, 0.1) is 6.92 Å². The summed E-state index contributed by atoms with van der Waals surface area (Å²) in [5, 5.41) is 4.74. The minimum atomic E-state index is -0.335. The summed E-state index contributed by atoms with van der Waals surface area (Å²) in [5.74, 6) is -0.500. The lowest BCUT2D eigenvalue weighted by atomic mass is 10.0. The zero-order chi connectivity index (χ0) is 16.1. The number of rotatable bonds is 5. The van der Waals surface area contributed by atoms with E-state index >= 15 is 0 Å². The molecule has 0 fully saturated rings. The number of aryl methyl sites for hydroxylation is 1. The predicted molar refractivity (Wildman–Crippen MR) is 88.1 cm³/mol. The van der Waals surface area contributed by atoms with Gasteiger partial charge in [-0.1, -0.05) is 29.8 Å². The van der Waals surface area contributed by atoms with Crippen molar-refractivity contribution in [3.63, 3.8) is 0 Å². The van der Waals surface area contributed by atoms with Crippen molar-refractivity contribution in [2.75, 3.05) is 7.11 Å². The Balaban J connectivity index is 2.13. The minimum absolute atomic E-state index is 0.160. The van der Waals surface area contributed by atoms with E-state index in [0.29, 0.717) is 4.88 Å². The number of nitrogens with one attached hydrogen (secondary N) is 1. The molecule has 1 N–H and O–H groups in total. The number of methoxy groups -OCH3 is 1. The predicted octanol–water partition coefficient (Wildman–Crippen LogP) is 3.40. The number of carbonyl (C=O) groups excluding carboxylic acids is 2. The molecule has 2 rings (SSSR count). The van der Waals surface area contributed by atoms with Crippen LogP contribution in [0.15, 0.2) is 35.7 Å². The van der Waals surface area contributed by atoms with E-state index in [1.54, 1.807) is 6.92 Å². The quantitative estimate of drug-likeness (QED) is 0.860. The molecule has 22 heavy (non-hydrogen) atoms. The lowest BCUT2D eigenvalue weighted by Crippen LogP contribution is -2.34. The lowest BCUT2D eigenvalue weighted by Gasteiger charge is -2.13. The van der Waals surface area contributed by atoms with Gasteiger partial charge in [-0.15, -0.1) is 11.3 Å². The summed E-state index contributed by atoms with van der Waals surface area (Å²) in [4.78, 5) is 24.3. The molecule has 1 heterocycles. The number of esters is 1. The summed E-state index contributed by atoms with van der Waals surface area (Å²) in [6, 6.07) is 9.73. The Morgan fingerprint density at radius 2 is 1.91 bits per heavy atom. The first-order chi connectivity index (χ1) is 10.5. The van der Waals surface area contributed by atoms with Gasteiger partial charge in [0.1, 0.15) is 0 Å². The standard InChI is InChI=1S/C17H19NO3S/c1-11-4-6-13(7-5-11)14-8-9-22-16(14)17(20)18-12(2)10-15(19)21-3/h4-9,12H,10H2,1-3H3,(H,18,20). The molecule has 0 saturated carbocycles. The number of carbonyl (C=O) groups is 2. The monoisotopic (exact) mass is 317 g/mol. The number of benzene rings is 1. The molecular weight excluding hydrogens is 298 g/mol. The average Bonchev–Trinajstić information content (AvgIpc) is 2.97. The molecule has 1 amide bonds. The van der Waals surface area contributed by atoms with E-state index in [9.17, 15) is 9.59 Å². The van der Waals surface area contributed by atoms with Gasteiger partial charge in [0.25, 0.3) is 5.91 Å². The fourth-order valence-electron chi connectivity index (χ4n) is 2.12. The number of ether oxygens (including phenoxy) is 1. The van der Waals surface area contributed by atoms with Crippen molar-refractivity contribution >= 4 is 23.2 Å². The maximum atomic E-state index is 12.4. The van der Waals surface area contributed by atoms with Gasteiger partial charge in [-0.3, -0.25) is 9.59 Å². The summed E-state index contributed by atoms with van der Waals surface area (Å²) in [7, 11) is 1.34. The molecule has 0 saturated heterocycles. The summed E-state index contributed by atoms with van der Waals surface area (Å²) in [6.45, 7) is 3.81. The van der Waals surface area contributed by atoms with E-state index in [0.717, 1.165) is 11.1 Å². The SMILES string of the molecule is COC(=O)CC(C)NC(=O)c1sccc1-c1ccc(C)cc1. The van der Waals surface area contributed by atoms with E-state index in [2.05, 4.69) is 10.1 Å². The van der Waals surface area contributed by atoms with Gasteiger partial charge in [0.15, 0.2) is 0 Å². The van der Waals surface area contributed by atoms with Crippen LogP contribution in [0.25, 0.3) is 11.1 Å². The largest absolute Gasteiger partial charge is 0.469 e. The zero-order valence-electron chi connectivity index (χ0n) is 12.9. The third-order valence-corrected chi connectivity index (χ3v) is 4.23. The maximum Gasteiger partial charge on any atom is 0.307 e. The Morgan fingerprint density at radius 1 is 1.23 bits per heavy atom. The number of thiophene rings is 1. The molecule has 0 bridgehead atoms. The zero-order valence-corrected chi connectivity index (χ0v) is 13.7. The second-order valence-corrected chi connectivity index (χ2v) is 6.10. The van der Waals surface area contributed by atoms with Gasteiger partial charge in [0, 0.05) is 11.6 Å². The fraction of sp³-hybridized carbons (Fsp3) is 0.294. The molecule has 0 aliphatic heterocycles.